The molecule has 1 aromatic carbocycles. The van der Waals surface area contributed by atoms with Crippen molar-refractivity contribution in [3.05, 3.63) is 51.6 Å². The van der Waals surface area contributed by atoms with Crippen LogP contribution in [0.5, 0.6) is 0 Å². The predicted molar refractivity (Wildman–Crippen MR) is 90.1 cm³/mol. The van der Waals surface area contributed by atoms with Crippen LogP contribution in [0.25, 0.3) is 0 Å². The SMILES string of the molecule is CCCNc1ccc(C(=O)Nc2cccc(Cl)c2Br)cn1. The summed E-state index contributed by atoms with van der Waals surface area (Å²) >= 11 is 9.34. The fourth-order valence-electron chi connectivity index (χ4n) is 1.68. The van der Waals surface area contributed by atoms with Crippen molar-refractivity contribution in [1.29, 1.82) is 0 Å². The van der Waals surface area contributed by atoms with E-state index < -0.39 is 0 Å². The van der Waals surface area contributed by atoms with Gasteiger partial charge < -0.3 is 10.6 Å². The molecule has 6 heteroatoms. The second-order valence-corrected chi connectivity index (χ2v) is 5.61. The van der Waals surface area contributed by atoms with Crippen molar-refractivity contribution in [1.82, 2.24) is 4.98 Å². The van der Waals surface area contributed by atoms with Crippen molar-refractivity contribution in [2.45, 2.75) is 13.3 Å². The first-order valence-electron chi connectivity index (χ1n) is 6.57. The van der Waals surface area contributed by atoms with Gasteiger partial charge in [0.05, 0.1) is 20.7 Å². The minimum absolute atomic E-state index is 0.229. The van der Waals surface area contributed by atoms with Gasteiger partial charge in [-0.15, -0.1) is 0 Å². The topological polar surface area (TPSA) is 54.0 Å². The molecule has 0 atom stereocenters. The Bertz CT molecular complexity index is 631. The molecule has 0 unspecified atom stereocenters. The Morgan fingerprint density at radius 3 is 2.81 bits per heavy atom. The van der Waals surface area contributed by atoms with E-state index in [9.17, 15) is 4.79 Å². The molecule has 0 aliphatic carbocycles. The molecule has 21 heavy (non-hydrogen) atoms. The van der Waals surface area contributed by atoms with Gasteiger partial charge in [-0.05, 0) is 46.6 Å². The number of pyridine rings is 1. The summed E-state index contributed by atoms with van der Waals surface area (Å²) in [5.74, 6) is 0.532. The van der Waals surface area contributed by atoms with Gasteiger partial charge in [-0.25, -0.2) is 4.98 Å². The number of halogens is 2. The lowest BCUT2D eigenvalue weighted by Gasteiger charge is -2.09. The number of amides is 1. The van der Waals surface area contributed by atoms with Crippen LogP contribution < -0.4 is 10.6 Å². The van der Waals surface area contributed by atoms with Gasteiger partial charge >= 0.3 is 0 Å². The predicted octanol–water partition coefficient (Wildman–Crippen LogP) is 4.57. The number of carbonyl (C=O) groups excluding carboxylic acids is 1. The second kappa shape index (κ2) is 7.43. The van der Waals surface area contributed by atoms with Crippen molar-refractivity contribution in [3.8, 4) is 0 Å². The molecule has 0 fully saturated rings. The molecule has 110 valence electrons. The summed E-state index contributed by atoms with van der Waals surface area (Å²) in [4.78, 5) is 16.4. The Hall–Kier alpha value is -1.59. The molecule has 0 spiro atoms. The van der Waals surface area contributed by atoms with E-state index >= 15 is 0 Å². The molecular formula is C15H15BrClN3O. The van der Waals surface area contributed by atoms with Crippen LogP contribution in [-0.4, -0.2) is 17.4 Å². The summed E-state index contributed by atoms with van der Waals surface area (Å²) in [6.07, 6.45) is 2.57. The van der Waals surface area contributed by atoms with Crippen LogP contribution in [0, 0.1) is 0 Å². The Morgan fingerprint density at radius 2 is 2.14 bits per heavy atom. The maximum absolute atomic E-state index is 12.2. The minimum atomic E-state index is -0.229. The van der Waals surface area contributed by atoms with Gasteiger partial charge in [-0.3, -0.25) is 4.79 Å². The summed E-state index contributed by atoms with van der Waals surface area (Å²) in [5, 5.41) is 6.50. The van der Waals surface area contributed by atoms with E-state index in [-0.39, 0.29) is 5.91 Å². The lowest BCUT2D eigenvalue weighted by Crippen LogP contribution is -2.13. The number of anilines is 2. The summed E-state index contributed by atoms with van der Waals surface area (Å²) in [7, 11) is 0. The lowest BCUT2D eigenvalue weighted by molar-refractivity contribution is 0.102. The minimum Gasteiger partial charge on any atom is -0.370 e. The van der Waals surface area contributed by atoms with Crippen molar-refractivity contribution >= 4 is 44.9 Å². The van der Waals surface area contributed by atoms with Crippen molar-refractivity contribution < 1.29 is 4.79 Å². The van der Waals surface area contributed by atoms with E-state index in [4.69, 9.17) is 11.6 Å². The third-order valence-corrected chi connectivity index (χ3v) is 4.18. The molecule has 1 amide bonds. The molecule has 1 heterocycles. The van der Waals surface area contributed by atoms with E-state index in [2.05, 4.69) is 38.5 Å². The standard InChI is InChI=1S/C15H15BrClN3O/c1-2-8-18-13-7-6-10(9-19-13)15(21)20-12-5-3-4-11(17)14(12)16/h3-7,9H,2,8H2,1H3,(H,18,19)(H,20,21). The first-order chi connectivity index (χ1) is 10.1. The fraction of sp³-hybridized carbons (Fsp3) is 0.200. The molecule has 0 aliphatic rings. The normalized spacial score (nSPS) is 10.2. The molecule has 2 rings (SSSR count). The van der Waals surface area contributed by atoms with E-state index in [0.717, 1.165) is 18.8 Å². The number of benzene rings is 1. The molecule has 0 aliphatic heterocycles. The number of carbonyl (C=O) groups is 1. The van der Waals surface area contributed by atoms with Gasteiger partial charge in [0.15, 0.2) is 0 Å². The van der Waals surface area contributed by atoms with Gasteiger partial charge in [0, 0.05) is 12.7 Å². The number of aromatic nitrogens is 1. The van der Waals surface area contributed by atoms with E-state index in [1.54, 1.807) is 36.5 Å². The maximum atomic E-state index is 12.2. The third-order valence-electron chi connectivity index (χ3n) is 2.78. The molecule has 0 saturated heterocycles. The monoisotopic (exact) mass is 367 g/mol. The van der Waals surface area contributed by atoms with Crippen LogP contribution in [0.1, 0.15) is 23.7 Å². The smallest absolute Gasteiger partial charge is 0.257 e. The molecular weight excluding hydrogens is 354 g/mol. The summed E-state index contributed by atoms with van der Waals surface area (Å²) in [6, 6.07) is 8.82. The van der Waals surface area contributed by atoms with Gasteiger partial charge in [-0.2, -0.15) is 0 Å². The molecule has 4 nitrogen and oxygen atoms in total. The Balaban J connectivity index is 2.08. The van der Waals surface area contributed by atoms with Gasteiger partial charge in [0.25, 0.3) is 5.91 Å². The first-order valence-corrected chi connectivity index (χ1v) is 7.74. The zero-order valence-corrected chi connectivity index (χ0v) is 13.8. The molecule has 2 aromatic rings. The molecule has 2 N–H and O–H groups in total. The highest BCUT2D eigenvalue weighted by Crippen LogP contribution is 2.30. The zero-order valence-electron chi connectivity index (χ0n) is 11.5. The van der Waals surface area contributed by atoms with Gasteiger partial charge in [0.1, 0.15) is 5.82 Å². The number of hydrogen-bond donors (Lipinski definition) is 2. The molecule has 0 radical (unpaired) electrons. The average Bonchev–Trinajstić information content (AvgIpc) is 2.50. The summed E-state index contributed by atoms with van der Waals surface area (Å²) < 4.78 is 0.661. The second-order valence-electron chi connectivity index (χ2n) is 4.41. The van der Waals surface area contributed by atoms with Crippen LogP contribution in [0.4, 0.5) is 11.5 Å². The van der Waals surface area contributed by atoms with E-state index in [1.165, 1.54) is 0 Å². The zero-order chi connectivity index (χ0) is 15.2. The molecule has 0 saturated carbocycles. The Labute approximate surface area is 137 Å². The third kappa shape index (κ3) is 4.19. The van der Waals surface area contributed by atoms with Gasteiger partial charge in [0.2, 0.25) is 0 Å². The van der Waals surface area contributed by atoms with Crippen LogP contribution in [0.3, 0.4) is 0 Å². The summed E-state index contributed by atoms with van der Waals surface area (Å²) in [6.45, 7) is 2.94. The van der Waals surface area contributed by atoms with Gasteiger partial charge in [-0.1, -0.05) is 24.6 Å². The van der Waals surface area contributed by atoms with Crippen LogP contribution in [0.2, 0.25) is 5.02 Å². The Morgan fingerprint density at radius 1 is 1.33 bits per heavy atom. The summed E-state index contributed by atoms with van der Waals surface area (Å²) in [5.41, 5.74) is 1.12. The lowest BCUT2D eigenvalue weighted by atomic mass is 10.2. The van der Waals surface area contributed by atoms with Crippen molar-refractivity contribution in [2.24, 2.45) is 0 Å². The highest BCUT2D eigenvalue weighted by molar-refractivity contribution is 9.10. The quantitative estimate of drug-likeness (QED) is 0.812. The van der Waals surface area contributed by atoms with Crippen LogP contribution in [0.15, 0.2) is 41.0 Å². The maximum Gasteiger partial charge on any atom is 0.257 e. The average molecular weight is 369 g/mol. The van der Waals surface area contributed by atoms with E-state index in [1.807, 2.05) is 0 Å². The molecule has 0 bridgehead atoms. The number of nitrogens with zero attached hydrogens (tertiary/aromatic N) is 1. The highest BCUT2D eigenvalue weighted by Gasteiger charge is 2.10. The van der Waals surface area contributed by atoms with Crippen molar-refractivity contribution in [2.75, 3.05) is 17.2 Å². The number of hydrogen-bond acceptors (Lipinski definition) is 3. The number of rotatable bonds is 5. The number of nitrogens with one attached hydrogen (secondary N) is 2. The largest absolute Gasteiger partial charge is 0.370 e. The fourth-order valence-corrected chi connectivity index (χ4v) is 2.22. The van der Waals surface area contributed by atoms with Crippen LogP contribution in [-0.2, 0) is 0 Å². The first kappa shape index (κ1) is 15.8. The van der Waals surface area contributed by atoms with E-state index in [0.29, 0.717) is 20.7 Å². The van der Waals surface area contributed by atoms with Crippen molar-refractivity contribution in [3.63, 3.8) is 0 Å². The Kier molecular flexibility index (Phi) is 5.59. The highest BCUT2D eigenvalue weighted by atomic mass is 79.9. The van der Waals surface area contributed by atoms with Crippen LogP contribution >= 0.6 is 27.5 Å². The molecule has 1 aromatic heterocycles.